The monoisotopic (exact) mass is 291 g/mol. The minimum Gasteiger partial charge on any atom is -0.478 e. The number of hydrogen-bond donors (Lipinski definition) is 1. The van der Waals surface area contributed by atoms with E-state index >= 15 is 0 Å². The van der Waals surface area contributed by atoms with Crippen molar-refractivity contribution in [3.05, 3.63) is 34.4 Å². The number of methoxy groups -OCH3 is 1. The molecule has 114 valence electrons. The Labute approximate surface area is 124 Å². The van der Waals surface area contributed by atoms with Crippen LogP contribution in [-0.2, 0) is 4.74 Å². The second-order valence-corrected chi connectivity index (χ2v) is 5.51. The molecule has 0 radical (unpaired) electrons. The molecule has 0 bridgehead atoms. The zero-order valence-corrected chi connectivity index (χ0v) is 12.7. The summed E-state index contributed by atoms with van der Waals surface area (Å²) in [6.45, 7) is 4.65. The molecule has 1 fully saturated rings. The molecule has 1 aliphatic rings. The number of nitrogens with zero attached hydrogens (tertiary/aromatic N) is 1. The van der Waals surface area contributed by atoms with Crippen LogP contribution in [-0.4, -0.2) is 48.2 Å². The van der Waals surface area contributed by atoms with Gasteiger partial charge in [-0.15, -0.1) is 0 Å². The van der Waals surface area contributed by atoms with Crippen molar-refractivity contribution in [2.75, 3.05) is 20.2 Å². The fourth-order valence-corrected chi connectivity index (χ4v) is 2.84. The molecule has 1 aromatic carbocycles. The third-order valence-corrected chi connectivity index (χ3v) is 4.05. The van der Waals surface area contributed by atoms with Crippen molar-refractivity contribution in [3.8, 4) is 0 Å². The Kier molecular flexibility index (Phi) is 4.63. The van der Waals surface area contributed by atoms with E-state index in [1.165, 1.54) is 0 Å². The molecule has 2 rings (SSSR count). The van der Waals surface area contributed by atoms with Gasteiger partial charge >= 0.3 is 5.97 Å². The zero-order valence-electron chi connectivity index (χ0n) is 12.7. The average Bonchev–Trinajstić information content (AvgIpc) is 2.48. The van der Waals surface area contributed by atoms with E-state index in [1.807, 2.05) is 0 Å². The van der Waals surface area contributed by atoms with Gasteiger partial charge < -0.3 is 14.7 Å². The lowest BCUT2D eigenvalue weighted by atomic mass is 9.95. The number of likely N-dealkylation sites (tertiary alicyclic amines) is 1. The Balaban J connectivity index is 2.39. The molecule has 1 saturated heterocycles. The van der Waals surface area contributed by atoms with Crippen LogP contribution < -0.4 is 0 Å². The first-order chi connectivity index (χ1) is 9.95. The lowest BCUT2D eigenvalue weighted by molar-refractivity contribution is 0.0266. The van der Waals surface area contributed by atoms with E-state index in [1.54, 1.807) is 38.0 Å². The fraction of sp³-hybridized carbons (Fsp3) is 0.500. The summed E-state index contributed by atoms with van der Waals surface area (Å²) in [5, 5.41) is 9.42. The van der Waals surface area contributed by atoms with Crippen molar-refractivity contribution >= 4 is 11.9 Å². The van der Waals surface area contributed by atoms with Crippen LogP contribution in [0.3, 0.4) is 0 Å². The van der Waals surface area contributed by atoms with Crippen LogP contribution in [0.5, 0.6) is 0 Å². The number of benzene rings is 1. The van der Waals surface area contributed by atoms with Gasteiger partial charge in [0.2, 0.25) is 0 Å². The molecule has 0 spiro atoms. The number of carbonyl (C=O) groups excluding carboxylic acids is 1. The van der Waals surface area contributed by atoms with Crippen molar-refractivity contribution in [2.45, 2.75) is 32.8 Å². The lowest BCUT2D eigenvalue weighted by Crippen LogP contribution is -2.43. The number of carbonyl (C=O) groups is 2. The molecular formula is C16H21NO4. The fourth-order valence-electron chi connectivity index (χ4n) is 2.84. The molecule has 0 saturated carbocycles. The molecule has 0 aliphatic carbocycles. The Morgan fingerprint density at radius 2 is 1.86 bits per heavy atom. The standard InChI is InChI=1S/C16H21NO4/c1-10-6-7-11(2)14(16(19)20)13(10)15(18)17-8-4-5-12(9-17)21-3/h6-7,12H,4-5,8-9H2,1-3H3,(H,19,20). The minimum atomic E-state index is -1.06. The summed E-state index contributed by atoms with van der Waals surface area (Å²) in [6.07, 6.45) is 1.83. The van der Waals surface area contributed by atoms with Crippen molar-refractivity contribution in [3.63, 3.8) is 0 Å². The van der Waals surface area contributed by atoms with E-state index in [2.05, 4.69) is 0 Å². The van der Waals surface area contributed by atoms with E-state index in [0.717, 1.165) is 12.8 Å². The van der Waals surface area contributed by atoms with E-state index < -0.39 is 5.97 Å². The van der Waals surface area contributed by atoms with Gasteiger partial charge in [-0.05, 0) is 37.8 Å². The maximum Gasteiger partial charge on any atom is 0.336 e. The van der Waals surface area contributed by atoms with E-state index in [-0.39, 0.29) is 17.6 Å². The number of hydrogen-bond acceptors (Lipinski definition) is 3. The first-order valence-corrected chi connectivity index (χ1v) is 7.11. The van der Waals surface area contributed by atoms with Crippen LogP contribution in [0.1, 0.15) is 44.7 Å². The van der Waals surface area contributed by atoms with Crippen LogP contribution in [0.2, 0.25) is 0 Å². The summed E-state index contributed by atoms with van der Waals surface area (Å²) in [4.78, 5) is 26.0. The SMILES string of the molecule is COC1CCCN(C(=O)c2c(C)ccc(C)c2C(=O)O)C1. The Bertz CT molecular complexity index is 568. The predicted octanol–water partition coefficient (Wildman–Crippen LogP) is 2.25. The average molecular weight is 291 g/mol. The van der Waals surface area contributed by atoms with Gasteiger partial charge in [0.15, 0.2) is 0 Å². The third kappa shape index (κ3) is 3.08. The first kappa shape index (κ1) is 15.5. The van der Waals surface area contributed by atoms with E-state index in [4.69, 9.17) is 4.74 Å². The van der Waals surface area contributed by atoms with Crippen molar-refractivity contribution in [1.29, 1.82) is 0 Å². The summed E-state index contributed by atoms with van der Waals surface area (Å²) in [5.74, 6) is -1.27. The van der Waals surface area contributed by atoms with Crippen molar-refractivity contribution in [1.82, 2.24) is 4.90 Å². The Morgan fingerprint density at radius 1 is 1.24 bits per heavy atom. The maximum absolute atomic E-state index is 12.8. The third-order valence-electron chi connectivity index (χ3n) is 4.05. The molecule has 21 heavy (non-hydrogen) atoms. The van der Waals surface area contributed by atoms with Gasteiger partial charge in [0.25, 0.3) is 5.91 Å². The van der Waals surface area contributed by atoms with Crippen LogP contribution in [0.4, 0.5) is 0 Å². The molecule has 5 heteroatoms. The second kappa shape index (κ2) is 6.26. The molecule has 1 heterocycles. The largest absolute Gasteiger partial charge is 0.478 e. The van der Waals surface area contributed by atoms with Crippen LogP contribution >= 0.6 is 0 Å². The number of carboxylic acids is 1. The van der Waals surface area contributed by atoms with Gasteiger partial charge in [-0.25, -0.2) is 4.79 Å². The number of amides is 1. The van der Waals surface area contributed by atoms with Gasteiger partial charge in [0.1, 0.15) is 0 Å². The summed E-state index contributed by atoms with van der Waals surface area (Å²) in [7, 11) is 1.64. The highest BCUT2D eigenvalue weighted by Crippen LogP contribution is 2.23. The van der Waals surface area contributed by atoms with Crippen LogP contribution in [0.15, 0.2) is 12.1 Å². The second-order valence-electron chi connectivity index (χ2n) is 5.51. The summed E-state index contributed by atoms with van der Waals surface area (Å²) in [5.41, 5.74) is 1.72. The summed E-state index contributed by atoms with van der Waals surface area (Å²) >= 11 is 0. The molecule has 1 atom stereocenters. The van der Waals surface area contributed by atoms with Gasteiger partial charge in [-0.2, -0.15) is 0 Å². The zero-order chi connectivity index (χ0) is 15.6. The van der Waals surface area contributed by atoms with Crippen LogP contribution in [0, 0.1) is 13.8 Å². The highest BCUT2D eigenvalue weighted by molar-refractivity contribution is 6.06. The topological polar surface area (TPSA) is 66.8 Å². The van der Waals surface area contributed by atoms with Crippen molar-refractivity contribution < 1.29 is 19.4 Å². The Hall–Kier alpha value is -1.88. The highest BCUT2D eigenvalue weighted by atomic mass is 16.5. The van der Waals surface area contributed by atoms with Crippen molar-refractivity contribution in [2.24, 2.45) is 0 Å². The maximum atomic E-state index is 12.8. The molecule has 1 amide bonds. The van der Waals surface area contributed by atoms with Gasteiger partial charge in [-0.1, -0.05) is 12.1 Å². The quantitative estimate of drug-likeness (QED) is 0.927. The van der Waals surface area contributed by atoms with Gasteiger partial charge in [0, 0.05) is 20.2 Å². The normalized spacial score (nSPS) is 18.6. The smallest absolute Gasteiger partial charge is 0.336 e. The number of carboxylic acid groups (broad SMARTS) is 1. The molecule has 1 unspecified atom stereocenters. The van der Waals surface area contributed by atoms with Gasteiger partial charge in [-0.3, -0.25) is 4.79 Å². The van der Waals surface area contributed by atoms with E-state index in [0.29, 0.717) is 29.8 Å². The number of piperidine rings is 1. The lowest BCUT2D eigenvalue weighted by Gasteiger charge is -2.32. The first-order valence-electron chi connectivity index (χ1n) is 7.11. The van der Waals surface area contributed by atoms with Crippen LogP contribution in [0.25, 0.3) is 0 Å². The van der Waals surface area contributed by atoms with Gasteiger partial charge in [0.05, 0.1) is 17.2 Å². The molecule has 0 aromatic heterocycles. The summed E-state index contributed by atoms with van der Waals surface area (Å²) in [6, 6.07) is 3.54. The highest BCUT2D eigenvalue weighted by Gasteiger charge is 2.29. The number of aromatic carboxylic acids is 1. The predicted molar refractivity (Wildman–Crippen MR) is 78.8 cm³/mol. The number of ether oxygens (including phenoxy) is 1. The molecule has 1 aliphatic heterocycles. The molecular weight excluding hydrogens is 270 g/mol. The summed E-state index contributed by atoms with van der Waals surface area (Å²) < 4.78 is 5.33. The molecule has 1 N–H and O–H groups in total. The van der Waals surface area contributed by atoms with E-state index in [9.17, 15) is 14.7 Å². The number of aryl methyl sites for hydroxylation is 2. The molecule has 1 aromatic rings. The Morgan fingerprint density at radius 3 is 2.43 bits per heavy atom. The number of rotatable bonds is 3. The minimum absolute atomic E-state index is 0.0288. The molecule has 5 nitrogen and oxygen atoms in total.